The highest BCUT2D eigenvalue weighted by Crippen LogP contribution is 2.23. The molecular formula is C33H52N6O11. The molecule has 0 spiro atoms. The lowest BCUT2D eigenvalue weighted by atomic mass is 9.83. The van der Waals surface area contributed by atoms with Crippen LogP contribution in [0, 0.1) is 11.3 Å². The van der Waals surface area contributed by atoms with Crippen LogP contribution in [0.15, 0.2) is 12.5 Å². The third kappa shape index (κ3) is 16.4. The van der Waals surface area contributed by atoms with Crippen molar-refractivity contribution in [1.82, 2.24) is 20.6 Å². The van der Waals surface area contributed by atoms with Gasteiger partial charge < -0.3 is 42.4 Å². The number of aliphatic hydroxyl groups is 1. The van der Waals surface area contributed by atoms with Crippen molar-refractivity contribution < 1.29 is 53.7 Å². The zero-order chi connectivity index (χ0) is 38.0. The summed E-state index contributed by atoms with van der Waals surface area (Å²) in [6.07, 6.45) is 0.0786. The lowest BCUT2D eigenvalue weighted by Crippen LogP contribution is -2.49. The quantitative estimate of drug-likeness (QED) is 0.0557. The molecular weight excluding hydrogens is 656 g/mol. The van der Waals surface area contributed by atoms with Gasteiger partial charge >= 0.3 is 11.9 Å². The summed E-state index contributed by atoms with van der Waals surface area (Å²) in [5.41, 5.74) is 10.8. The molecule has 1 aromatic rings. The molecule has 50 heavy (non-hydrogen) atoms. The third-order valence-corrected chi connectivity index (χ3v) is 8.22. The molecule has 10 N–H and O–H groups in total. The average molecular weight is 709 g/mol. The van der Waals surface area contributed by atoms with E-state index in [-0.39, 0.29) is 38.5 Å². The molecule has 0 saturated carbocycles. The number of H-pyrrole nitrogens is 1. The first-order valence-corrected chi connectivity index (χ1v) is 16.6. The number of nitrogens with one attached hydrogen (secondary N) is 3. The Labute approximate surface area is 290 Å². The molecule has 0 radical (unpaired) electrons. The van der Waals surface area contributed by atoms with E-state index in [0.29, 0.717) is 25.1 Å². The van der Waals surface area contributed by atoms with Gasteiger partial charge in [0.25, 0.3) is 0 Å². The highest BCUT2D eigenvalue weighted by Gasteiger charge is 2.35. The summed E-state index contributed by atoms with van der Waals surface area (Å²) < 4.78 is 0. The molecule has 0 aliphatic heterocycles. The van der Waals surface area contributed by atoms with E-state index in [9.17, 15) is 48.6 Å². The van der Waals surface area contributed by atoms with Gasteiger partial charge in [-0.3, -0.25) is 38.4 Å². The molecule has 0 fully saturated rings. The maximum Gasteiger partial charge on any atom is 0.303 e. The van der Waals surface area contributed by atoms with E-state index in [4.69, 9.17) is 16.6 Å². The Hall–Kier alpha value is -4.35. The van der Waals surface area contributed by atoms with Crippen LogP contribution in [0.5, 0.6) is 0 Å². The summed E-state index contributed by atoms with van der Waals surface area (Å²) in [5, 5.41) is 33.3. The number of aromatic nitrogens is 2. The number of nitrogens with zero attached hydrogens (tertiary/aromatic N) is 1. The fraction of sp³-hybridized carbons (Fsp3) is 0.667. The molecule has 0 aliphatic rings. The molecule has 1 rings (SSSR count). The fourth-order valence-electron chi connectivity index (χ4n) is 5.17. The topological polar surface area (TPSA) is 302 Å². The molecule has 0 unspecified atom stereocenters. The Morgan fingerprint density at radius 3 is 2.06 bits per heavy atom. The van der Waals surface area contributed by atoms with Gasteiger partial charge in [-0.1, -0.05) is 20.3 Å². The van der Waals surface area contributed by atoms with Crippen molar-refractivity contribution in [2.24, 2.45) is 22.8 Å². The van der Waals surface area contributed by atoms with Crippen molar-refractivity contribution in [2.45, 2.75) is 122 Å². The molecule has 280 valence electrons. The second-order valence-corrected chi connectivity index (χ2v) is 13.1. The van der Waals surface area contributed by atoms with Crippen LogP contribution in [-0.4, -0.2) is 103 Å². The summed E-state index contributed by atoms with van der Waals surface area (Å²) in [6, 6.07) is -3.66. The minimum absolute atomic E-state index is 0.167. The van der Waals surface area contributed by atoms with Gasteiger partial charge in [0.1, 0.15) is 11.8 Å². The third-order valence-electron chi connectivity index (χ3n) is 8.22. The lowest BCUT2D eigenvalue weighted by molar-refractivity contribution is -0.139. The number of hydrogen-bond donors (Lipinski definition) is 8. The normalized spacial score (nSPS) is 14.4. The molecule has 1 aromatic heterocycles. The van der Waals surface area contributed by atoms with E-state index < -0.39 is 108 Å². The number of Topliss-reactive ketones (excluding diaryl/α,β-unsaturated/α-hetero) is 4. The number of hydrogen-bond acceptors (Lipinski definition) is 12. The zero-order valence-electron chi connectivity index (χ0n) is 28.9. The number of carboxylic acids is 2. The van der Waals surface area contributed by atoms with Crippen LogP contribution >= 0.6 is 0 Å². The summed E-state index contributed by atoms with van der Waals surface area (Å²) >= 11 is 0. The first kappa shape index (κ1) is 43.7. The Kier molecular flexibility index (Phi) is 18.9. The molecule has 0 saturated heterocycles. The fourth-order valence-corrected chi connectivity index (χ4v) is 5.17. The predicted octanol–water partition coefficient (Wildman–Crippen LogP) is -0.0323. The molecule has 2 amide bonds. The van der Waals surface area contributed by atoms with Crippen LogP contribution in [0.25, 0.3) is 0 Å². The number of nitrogens with two attached hydrogens (primary N) is 2. The molecule has 0 aliphatic carbocycles. The molecule has 17 nitrogen and oxygen atoms in total. The first-order valence-electron chi connectivity index (χ1n) is 16.6. The summed E-state index contributed by atoms with van der Waals surface area (Å²) in [4.78, 5) is 107. The molecule has 1 heterocycles. The highest BCUT2D eigenvalue weighted by atomic mass is 16.4. The number of amides is 2. The van der Waals surface area contributed by atoms with Crippen LogP contribution in [0.2, 0.25) is 0 Å². The van der Waals surface area contributed by atoms with Crippen molar-refractivity contribution in [2.75, 3.05) is 6.54 Å². The van der Waals surface area contributed by atoms with Gasteiger partial charge in [0.05, 0.1) is 36.4 Å². The van der Waals surface area contributed by atoms with Crippen molar-refractivity contribution in [3.63, 3.8) is 0 Å². The van der Waals surface area contributed by atoms with Gasteiger partial charge in [0.15, 0.2) is 17.3 Å². The standard InChI is InChI=1S/C33H52N6O11/c1-19(40)31(26(43)14-20(6-4-5-13-34)24(41)9-12-30(48)49)39-28(45)10-8-25(42)23(7-11-29(46)47)38-32(50)33(2,3)16-27(44)22(35)15-21-17-36-18-37-21/h17-20,22-23,31,40H,4-16,34-35H2,1-3H3,(H,36,37)(H,38,50)(H,39,45)(H,46,47)(H,48,49)/t19-,20-,22+,23+,31+/m1/s1. The van der Waals surface area contributed by atoms with Gasteiger partial charge in [-0.15, -0.1) is 0 Å². The molecule has 17 heteroatoms. The van der Waals surface area contributed by atoms with E-state index in [1.165, 1.54) is 33.3 Å². The number of aliphatic hydroxyl groups excluding tert-OH is 1. The Balaban J connectivity index is 2.90. The number of imidazole rings is 1. The predicted molar refractivity (Wildman–Crippen MR) is 178 cm³/mol. The second kappa shape index (κ2) is 21.7. The maximum atomic E-state index is 13.2. The minimum Gasteiger partial charge on any atom is -0.481 e. The van der Waals surface area contributed by atoms with Gasteiger partial charge in [0, 0.05) is 62.8 Å². The van der Waals surface area contributed by atoms with Gasteiger partial charge in [-0.05, 0) is 32.7 Å². The number of aromatic amines is 1. The number of carbonyl (C=O) groups is 8. The largest absolute Gasteiger partial charge is 0.481 e. The second-order valence-electron chi connectivity index (χ2n) is 13.1. The molecule has 5 atom stereocenters. The monoisotopic (exact) mass is 708 g/mol. The number of ketones is 4. The van der Waals surface area contributed by atoms with Crippen molar-refractivity contribution in [3.05, 3.63) is 18.2 Å². The van der Waals surface area contributed by atoms with E-state index in [1.807, 2.05) is 0 Å². The van der Waals surface area contributed by atoms with Crippen LogP contribution < -0.4 is 22.1 Å². The van der Waals surface area contributed by atoms with E-state index >= 15 is 0 Å². The number of rotatable bonds is 27. The van der Waals surface area contributed by atoms with Crippen LogP contribution in [0.3, 0.4) is 0 Å². The van der Waals surface area contributed by atoms with E-state index in [0.717, 1.165) is 0 Å². The maximum absolute atomic E-state index is 13.2. The number of aliphatic carboxylic acids is 2. The lowest BCUT2D eigenvalue weighted by Gasteiger charge is -2.27. The molecule has 0 bridgehead atoms. The van der Waals surface area contributed by atoms with Crippen LogP contribution in [-0.2, 0) is 44.8 Å². The molecule has 0 aromatic carbocycles. The summed E-state index contributed by atoms with van der Waals surface area (Å²) in [5.74, 6) is -6.91. The first-order chi connectivity index (χ1) is 23.4. The van der Waals surface area contributed by atoms with E-state index in [1.54, 1.807) is 0 Å². The number of unbranched alkanes of at least 4 members (excludes halogenated alkanes) is 1. The summed E-state index contributed by atoms with van der Waals surface area (Å²) in [6.45, 7) is 4.57. The number of carbonyl (C=O) groups excluding carboxylic acids is 6. The van der Waals surface area contributed by atoms with Gasteiger partial charge in [-0.25, -0.2) is 4.98 Å². The van der Waals surface area contributed by atoms with Crippen molar-refractivity contribution >= 4 is 46.9 Å². The highest BCUT2D eigenvalue weighted by molar-refractivity contribution is 5.97. The van der Waals surface area contributed by atoms with Gasteiger partial charge in [-0.2, -0.15) is 0 Å². The van der Waals surface area contributed by atoms with Crippen molar-refractivity contribution in [3.8, 4) is 0 Å². The smallest absolute Gasteiger partial charge is 0.303 e. The summed E-state index contributed by atoms with van der Waals surface area (Å²) in [7, 11) is 0. The van der Waals surface area contributed by atoms with Crippen molar-refractivity contribution in [1.29, 1.82) is 0 Å². The Morgan fingerprint density at radius 1 is 0.860 bits per heavy atom. The van der Waals surface area contributed by atoms with Crippen LogP contribution in [0.1, 0.15) is 97.1 Å². The van der Waals surface area contributed by atoms with E-state index in [2.05, 4.69) is 20.6 Å². The van der Waals surface area contributed by atoms with Gasteiger partial charge in [0.2, 0.25) is 11.8 Å². The Morgan fingerprint density at radius 2 is 1.50 bits per heavy atom. The zero-order valence-corrected chi connectivity index (χ0v) is 28.9. The minimum atomic E-state index is -1.43. The average Bonchev–Trinajstić information content (AvgIpc) is 3.55. The number of carboxylic acid groups (broad SMARTS) is 2. The Bertz CT molecular complexity index is 1330. The SMILES string of the molecule is C[C@@H](O)[C@H](NC(=O)CCC(=O)[C@H](CCC(=O)O)NC(=O)C(C)(C)CC(=O)[C@@H](N)Cc1cnc[nH]1)C(=O)C[C@@H](CCCCN)C(=O)CCC(=O)O. The van der Waals surface area contributed by atoms with Crippen LogP contribution in [0.4, 0.5) is 0 Å².